The number of fused-ring (bicyclic) bond motifs is 3. The maximum absolute atomic E-state index is 6.18. The minimum atomic E-state index is 0.202. The summed E-state index contributed by atoms with van der Waals surface area (Å²) < 4.78 is 11.5. The van der Waals surface area contributed by atoms with E-state index >= 15 is 0 Å². The fourth-order valence-corrected chi connectivity index (χ4v) is 4.05. The van der Waals surface area contributed by atoms with E-state index in [2.05, 4.69) is 54.7 Å². The lowest BCUT2D eigenvalue weighted by atomic mass is 9.76. The van der Waals surface area contributed by atoms with E-state index in [1.165, 1.54) is 28.8 Å². The van der Waals surface area contributed by atoms with Gasteiger partial charge in [-0.1, -0.05) is 24.3 Å². The Balaban J connectivity index is 1.76. The zero-order chi connectivity index (χ0) is 15.8. The molecular weight excluding hydrogens is 286 g/mol. The van der Waals surface area contributed by atoms with Gasteiger partial charge in [0.25, 0.3) is 0 Å². The SMILES string of the molecule is COc1ccc([C@@H]2Nc3ccccc3[C@H]3OCCC[C@H]32)c(C)c1. The number of aryl methyl sites for hydroxylation is 1. The molecule has 0 amide bonds. The number of para-hydroxylation sites is 1. The maximum Gasteiger partial charge on any atom is 0.119 e. The van der Waals surface area contributed by atoms with Crippen LogP contribution >= 0.6 is 0 Å². The van der Waals surface area contributed by atoms with Crippen molar-refractivity contribution in [3.8, 4) is 5.75 Å². The molecule has 0 bridgehead atoms. The van der Waals surface area contributed by atoms with E-state index < -0.39 is 0 Å². The van der Waals surface area contributed by atoms with Gasteiger partial charge >= 0.3 is 0 Å². The standard InChI is InChI=1S/C20H23NO2/c1-13-12-14(22-2)9-10-15(13)19-17-7-5-11-23-20(17)16-6-3-4-8-18(16)21-19/h3-4,6,8-10,12,17,19-21H,5,7,11H2,1-2H3/t17-,19-,20+/m0/s1. The minimum absolute atomic E-state index is 0.202. The summed E-state index contributed by atoms with van der Waals surface area (Å²) in [4.78, 5) is 0. The van der Waals surface area contributed by atoms with Crippen molar-refractivity contribution < 1.29 is 9.47 Å². The number of benzene rings is 2. The largest absolute Gasteiger partial charge is 0.497 e. The zero-order valence-corrected chi connectivity index (χ0v) is 13.7. The zero-order valence-electron chi connectivity index (χ0n) is 13.7. The molecule has 0 spiro atoms. The van der Waals surface area contributed by atoms with Gasteiger partial charge in [-0.15, -0.1) is 0 Å². The van der Waals surface area contributed by atoms with Crippen LogP contribution in [0.15, 0.2) is 42.5 Å². The lowest BCUT2D eigenvalue weighted by Crippen LogP contribution is -2.36. The Kier molecular flexibility index (Phi) is 3.74. The Morgan fingerprint density at radius 2 is 2.00 bits per heavy atom. The first kappa shape index (κ1) is 14.6. The van der Waals surface area contributed by atoms with E-state index in [0.717, 1.165) is 18.8 Å². The Morgan fingerprint density at radius 1 is 1.13 bits per heavy atom. The van der Waals surface area contributed by atoms with E-state index in [4.69, 9.17) is 9.47 Å². The first-order valence-electron chi connectivity index (χ1n) is 8.39. The van der Waals surface area contributed by atoms with Gasteiger partial charge in [0.05, 0.1) is 19.3 Å². The van der Waals surface area contributed by atoms with Crippen LogP contribution in [-0.2, 0) is 4.74 Å². The highest BCUT2D eigenvalue weighted by molar-refractivity contribution is 5.57. The molecule has 0 unspecified atom stereocenters. The quantitative estimate of drug-likeness (QED) is 0.876. The van der Waals surface area contributed by atoms with E-state index in [-0.39, 0.29) is 6.10 Å². The Labute approximate surface area is 137 Å². The van der Waals surface area contributed by atoms with Gasteiger partial charge in [0.15, 0.2) is 0 Å². The number of nitrogens with one attached hydrogen (secondary N) is 1. The second-order valence-electron chi connectivity index (χ2n) is 6.53. The van der Waals surface area contributed by atoms with Crippen LogP contribution in [0.4, 0.5) is 5.69 Å². The van der Waals surface area contributed by atoms with Crippen LogP contribution < -0.4 is 10.1 Å². The van der Waals surface area contributed by atoms with Gasteiger partial charge in [-0.2, -0.15) is 0 Å². The molecule has 2 aliphatic rings. The summed E-state index contributed by atoms with van der Waals surface area (Å²) in [5.41, 5.74) is 5.13. The van der Waals surface area contributed by atoms with Crippen LogP contribution in [0.3, 0.4) is 0 Å². The summed E-state index contributed by atoms with van der Waals surface area (Å²) in [6.07, 6.45) is 2.53. The van der Waals surface area contributed by atoms with E-state index in [1.54, 1.807) is 7.11 Å². The molecule has 1 fully saturated rings. The first-order chi connectivity index (χ1) is 11.3. The molecule has 4 rings (SSSR count). The highest BCUT2D eigenvalue weighted by Gasteiger charge is 2.39. The fourth-order valence-electron chi connectivity index (χ4n) is 4.05. The number of methoxy groups -OCH3 is 1. The molecule has 0 aromatic heterocycles. The Bertz CT molecular complexity index is 713. The van der Waals surface area contributed by atoms with Gasteiger partial charge in [-0.05, 0) is 49.1 Å². The molecule has 0 aliphatic carbocycles. The minimum Gasteiger partial charge on any atom is -0.497 e. The van der Waals surface area contributed by atoms with Gasteiger partial charge in [0.2, 0.25) is 0 Å². The predicted molar refractivity (Wildman–Crippen MR) is 92.0 cm³/mol. The van der Waals surface area contributed by atoms with E-state index in [9.17, 15) is 0 Å². The molecule has 3 heteroatoms. The number of hydrogen-bond acceptors (Lipinski definition) is 3. The van der Waals surface area contributed by atoms with Gasteiger partial charge < -0.3 is 14.8 Å². The summed E-state index contributed by atoms with van der Waals surface area (Å²) in [5, 5.41) is 3.77. The summed E-state index contributed by atoms with van der Waals surface area (Å²) in [6.45, 7) is 3.03. The normalized spacial score (nSPS) is 25.9. The summed E-state index contributed by atoms with van der Waals surface area (Å²) >= 11 is 0. The molecule has 3 nitrogen and oxygen atoms in total. The second-order valence-corrected chi connectivity index (χ2v) is 6.53. The van der Waals surface area contributed by atoms with Gasteiger partial charge in [-0.25, -0.2) is 0 Å². The maximum atomic E-state index is 6.18. The van der Waals surface area contributed by atoms with Crippen molar-refractivity contribution in [1.29, 1.82) is 0 Å². The Morgan fingerprint density at radius 3 is 2.83 bits per heavy atom. The van der Waals surface area contributed by atoms with Crippen molar-refractivity contribution in [2.75, 3.05) is 19.0 Å². The third kappa shape index (κ3) is 2.49. The van der Waals surface area contributed by atoms with Crippen molar-refractivity contribution in [1.82, 2.24) is 0 Å². The molecule has 0 radical (unpaired) electrons. The molecule has 3 atom stereocenters. The topological polar surface area (TPSA) is 30.5 Å². The summed E-state index contributed by atoms with van der Waals surface area (Å²) in [6, 6.07) is 15.2. The van der Waals surface area contributed by atoms with E-state index in [1.807, 2.05) is 0 Å². The number of rotatable bonds is 2. The van der Waals surface area contributed by atoms with Crippen molar-refractivity contribution >= 4 is 5.69 Å². The predicted octanol–water partition coefficient (Wildman–Crippen LogP) is 4.64. The molecule has 120 valence electrons. The molecule has 2 aromatic rings. The molecule has 23 heavy (non-hydrogen) atoms. The molecule has 1 N–H and O–H groups in total. The lowest BCUT2D eigenvalue weighted by molar-refractivity contribution is -0.0381. The molecule has 0 saturated carbocycles. The smallest absolute Gasteiger partial charge is 0.119 e. The van der Waals surface area contributed by atoms with Gasteiger partial charge in [-0.3, -0.25) is 0 Å². The van der Waals surface area contributed by atoms with Crippen molar-refractivity contribution in [2.24, 2.45) is 5.92 Å². The van der Waals surface area contributed by atoms with Crippen molar-refractivity contribution in [2.45, 2.75) is 31.9 Å². The molecular formula is C20H23NO2. The highest BCUT2D eigenvalue weighted by Crippen LogP contribution is 2.49. The average molecular weight is 309 g/mol. The number of ether oxygens (including phenoxy) is 2. The van der Waals surface area contributed by atoms with Crippen molar-refractivity contribution in [3.05, 3.63) is 59.2 Å². The average Bonchev–Trinajstić information content (AvgIpc) is 2.61. The van der Waals surface area contributed by atoms with Crippen LogP contribution in [-0.4, -0.2) is 13.7 Å². The van der Waals surface area contributed by atoms with Crippen LogP contribution in [0.25, 0.3) is 0 Å². The van der Waals surface area contributed by atoms with Crippen molar-refractivity contribution in [3.63, 3.8) is 0 Å². The molecule has 2 aliphatic heterocycles. The monoisotopic (exact) mass is 309 g/mol. The molecule has 1 saturated heterocycles. The first-order valence-corrected chi connectivity index (χ1v) is 8.39. The summed E-state index contributed by atoms with van der Waals surface area (Å²) in [7, 11) is 1.72. The highest BCUT2D eigenvalue weighted by atomic mass is 16.5. The lowest BCUT2D eigenvalue weighted by Gasteiger charge is -2.43. The van der Waals surface area contributed by atoms with Crippen LogP contribution in [0.5, 0.6) is 5.75 Å². The third-order valence-corrected chi connectivity index (χ3v) is 5.19. The number of anilines is 1. The second kappa shape index (κ2) is 5.89. The molecule has 2 aromatic carbocycles. The van der Waals surface area contributed by atoms with E-state index in [0.29, 0.717) is 12.0 Å². The van der Waals surface area contributed by atoms with Crippen LogP contribution in [0, 0.1) is 12.8 Å². The Hall–Kier alpha value is -2.00. The fraction of sp³-hybridized carbons (Fsp3) is 0.400. The van der Waals surface area contributed by atoms with Crippen LogP contribution in [0.1, 0.15) is 41.7 Å². The van der Waals surface area contributed by atoms with Gasteiger partial charge in [0, 0.05) is 23.8 Å². The van der Waals surface area contributed by atoms with Gasteiger partial charge in [0.1, 0.15) is 5.75 Å². The number of hydrogen-bond donors (Lipinski definition) is 1. The van der Waals surface area contributed by atoms with Crippen LogP contribution in [0.2, 0.25) is 0 Å². The molecule has 2 heterocycles. The summed E-state index contributed by atoms with van der Waals surface area (Å²) in [5.74, 6) is 1.39. The third-order valence-electron chi connectivity index (χ3n) is 5.19.